The summed E-state index contributed by atoms with van der Waals surface area (Å²) >= 11 is 1.51. The Morgan fingerprint density at radius 2 is 1.85 bits per heavy atom. The van der Waals surface area contributed by atoms with Crippen LogP contribution in [0.5, 0.6) is 0 Å². The van der Waals surface area contributed by atoms with Gasteiger partial charge in [0, 0.05) is 47.8 Å². The lowest BCUT2D eigenvalue weighted by atomic mass is 10.0. The van der Waals surface area contributed by atoms with Crippen LogP contribution in [-0.4, -0.2) is 39.0 Å². The second-order valence-corrected chi connectivity index (χ2v) is 9.55. The van der Waals surface area contributed by atoms with Crippen molar-refractivity contribution in [3.8, 4) is 0 Å². The fourth-order valence-electron chi connectivity index (χ4n) is 3.73. The number of ketones is 1. The molecular formula is C26H26N6OS. The lowest BCUT2D eigenvalue weighted by molar-refractivity contribution is 0.0993. The average Bonchev–Trinajstić information content (AvgIpc) is 3.18. The van der Waals surface area contributed by atoms with Crippen LogP contribution in [-0.2, 0) is 6.42 Å². The number of benzene rings is 2. The molecular weight excluding hydrogens is 444 g/mol. The van der Waals surface area contributed by atoms with E-state index in [0.717, 1.165) is 52.0 Å². The molecule has 1 aliphatic rings. The first-order valence-electron chi connectivity index (χ1n) is 11.3. The summed E-state index contributed by atoms with van der Waals surface area (Å²) in [7, 11) is 0. The quantitative estimate of drug-likeness (QED) is 0.265. The summed E-state index contributed by atoms with van der Waals surface area (Å²) in [5, 5.41) is 11.1. The van der Waals surface area contributed by atoms with E-state index in [1.807, 2.05) is 74.5 Å². The van der Waals surface area contributed by atoms with Crippen molar-refractivity contribution < 1.29 is 4.79 Å². The number of nitrogens with zero attached hydrogens (tertiary/aromatic N) is 4. The Morgan fingerprint density at radius 1 is 1.03 bits per heavy atom. The molecule has 0 unspecified atom stereocenters. The predicted octanol–water partition coefficient (Wildman–Crippen LogP) is 5.35. The van der Waals surface area contributed by atoms with Crippen molar-refractivity contribution in [3.63, 3.8) is 0 Å². The van der Waals surface area contributed by atoms with E-state index in [1.54, 1.807) is 0 Å². The highest BCUT2D eigenvalue weighted by molar-refractivity contribution is 7.99. The van der Waals surface area contributed by atoms with Crippen molar-refractivity contribution in [2.24, 2.45) is 0 Å². The fourth-order valence-corrected chi connectivity index (χ4v) is 4.50. The minimum atomic E-state index is 0.124. The van der Waals surface area contributed by atoms with E-state index < -0.39 is 0 Å². The largest absolute Gasteiger partial charge is 0.356 e. The van der Waals surface area contributed by atoms with Crippen molar-refractivity contribution >= 4 is 35.0 Å². The second-order valence-electron chi connectivity index (χ2n) is 8.51. The van der Waals surface area contributed by atoms with Gasteiger partial charge in [0.1, 0.15) is 11.6 Å². The highest BCUT2D eigenvalue weighted by atomic mass is 32.2. The molecule has 0 spiro atoms. The number of Topliss-reactive ketones (excluding diaryl/α,β-unsaturated/α-hetero) is 1. The molecule has 2 aromatic carbocycles. The Morgan fingerprint density at radius 3 is 2.53 bits per heavy atom. The Labute approximate surface area is 203 Å². The number of hydrogen-bond acceptors (Lipinski definition) is 7. The van der Waals surface area contributed by atoms with E-state index in [2.05, 4.69) is 20.4 Å². The van der Waals surface area contributed by atoms with Crippen LogP contribution in [0.1, 0.15) is 33.6 Å². The monoisotopic (exact) mass is 470 g/mol. The molecule has 5 rings (SSSR count). The zero-order valence-electron chi connectivity index (χ0n) is 19.2. The molecule has 34 heavy (non-hydrogen) atoms. The summed E-state index contributed by atoms with van der Waals surface area (Å²) < 4.78 is 0. The maximum absolute atomic E-state index is 12.6. The summed E-state index contributed by atoms with van der Waals surface area (Å²) in [6, 6.07) is 19.7. The number of anilines is 3. The minimum Gasteiger partial charge on any atom is -0.356 e. The maximum atomic E-state index is 12.6. The molecule has 1 fully saturated rings. The first-order chi connectivity index (χ1) is 16.5. The van der Waals surface area contributed by atoms with Crippen molar-refractivity contribution in [2.75, 3.05) is 23.3 Å². The van der Waals surface area contributed by atoms with Crippen molar-refractivity contribution in [1.82, 2.24) is 20.2 Å². The van der Waals surface area contributed by atoms with Crippen LogP contribution in [0.2, 0.25) is 0 Å². The van der Waals surface area contributed by atoms with E-state index in [4.69, 9.17) is 9.97 Å². The normalized spacial score (nSPS) is 12.9. The van der Waals surface area contributed by atoms with Gasteiger partial charge in [-0.05, 0) is 55.8 Å². The van der Waals surface area contributed by atoms with Crippen LogP contribution < -0.4 is 10.2 Å². The van der Waals surface area contributed by atoms with Gasteiger partial charge in [-0.15, -0.1) is 0 Å². The van der Waals surface area contributed by atoms with E-state index in [-0.39, 0.29) is 5.78 Å². The highest BCUT2D eigenvalue weighted by Crippen LogP contribution is 2.30. The van der Waals surface area contributed by atoms with Crippen LogP contribution in [0.3, 0.4) is 0 Å². The number of nitrogens with one attached hydrogen (secondary N) is 2. The zero-order valence-corrected chi connectivity index (χ0v) is 20.0. The molecule has 3 heterocycles. The maximum Gasteiger partial charge on any atom is 0.196 e. The topological polar surface area (TPSA) is 86.8 Å². The molecule has 0 aliphatic carbocycles. The van der Waals surface area contributed by atoms with Gasteiger partial charge in [-0.3, -0.25) is 9.89 Å². The van der Waals surface area contributed by atoms with E-state index in [9.17, 15) is 4.79 Å². The van der Waals surface area contributed by atoms with Gasteiger partial charge in [0.2, 0.25) is 0 Å². The SMILES string of the molecule is Cc1cccc(C(=O)Cc2ccc(Sc3nc(Nc4cc(C)[nH]n4)cc(N4CCC4)n3)cc2)c1. The van der Waals surface area contributed by atoms with Gasteiger partial charge in [-0.1, -0.05) is 35.9 Å². The van der Waals surface area contributed by atoms with Gasteiger partial charge in [-0.2, -0.15) is 5.10 Å². The molecule has 7 nitrogen and oxygen atoms in total. The lowest BCUT2D eigenvalue weighted by Crippen LogP contribution is -2.37. The molecule has 0 atom stereocenters. The Bertz CT molecular complexity index is 1310. The molecule has 0 saturated carbocycles. The highest BCUT2D eigenvalue weighted by Gasteiger charge is 2.18. The Hall–Kier alpha value is -3.65. The number of aromatic nitrogens is 4. The lowest BCUT2D eigenvalue weighted by Gasteiger charge is -2.32. The van der Waals surface area contributed by atoms with Gasteiger partial charge in [0.05, 0.1) is 0 Å². The summed E-state index contributed by atoms with van der Waals surface area (Å²) in [5.41, 5.74) is 3.81. The zero-order chi connectivity index (χ0) is 23.5. The molecule has 8 heteroatoms. The van der Waals surface area contributed by atoms with E-state index >= 15 is 0 Å². The van der Waals surface area contributed by atoms with Gasteiger partial charge < -0.3 is 10.2 Å². The molecule has 4 aromatic rings. The van der Waals surface area contributed by atoms with E-state index in [0.29, 0.717) is 17.4 Å². The summed E-state index contributed by atoms with van der Waals surface area (Å²) in [6.07, 6.45) is 1.56. The third-order valence-corrected chi connectivity index (χ3v) is 6.54. The first kappa shape index (κ1) is 22.2. The number of aromatic amines is 1. The molecule has 0 radical (unpaired) electrons. The van der Waals surface area contributed by atoms with Crippen LogP contribution in [0.4, 0.5) is 17.5 Å². The second kappa shape index (κ2) is 9.69. The third-order valence-electron chi connectivity index (χ3n) is 5.67. The smallest absolute Gasteiger partial charge is 0.196 e. The fraction of sp³-hybridized carbons (Fsp3) is 0.231. The number of carbonyl (C=O) groups excluding carboxylic acids is 1. The van der Waals surface area contributed by atoms with Crippen molar-refractivity contribution in [3.05, 3.63) is 83.0 Å². The van der Waals surface area contributed by atoms with Crippen LogP contribution >= 0.6 is 11.8 Å². The summed E-state index contributed by atoms with van der Waals surface area (Å²) in [6.45, 7) is 5.97. The summed E-state index contributed by atoms with van der Waals surface area (Å²) in [5.74, 6) is 2.48. The van der Waals surface area contributed by atoms with Crippen LogP contribution in [0.25, 0.3) is 0 Å². The van der Waals surface area contributed by atoms with E-state index in [1.165, 1.54) is 18.2 Å². The molecule has 2 N–H and O–H groups in total. The Kier molecular flexibility index (Phi) is 6.31. The van der Waals surface area contributed by atoms with Gasteiger partial charge >= 0.3 is 0 Å². The average molecular weight is 471 g/mol. The molecule has 2 aromatic heterocycles. The van der Waals surface area contributed by atoms with Crippen molar-refractivity contribution in [1.29, 1.82) is 0 Å². The first-order valence-corrected chi connectivity index (χ1v) is 12.1. The molecule has 0 bridgehead atoms. The molecule has 0 amide bonds. The van der Waals surface area contributed by atoms with Gasteiger partial charge in [0.15, 0.2) is 16.8 Å². The molecule has 172 valence electrons. The van der Waals surface area contributed by atoms with Crippen LogP contribution in [0.15, 0.2) is 70.7 Å². The molecule has 1 saturated heterocycles. The summed E-state index contributed by atoms with van der Waals surface area (Å²) in [4.78, 5) is 25.4. The number of rotatable bonds is 8. The number of H-pyrrole nitrogens is 1. The van der Waals surface area contributed by atoms with Crippen molar-refractivity contribution in [2.45, 2.75) is 36.7 Å². The van der Waals surface area contributed by atoms with Gasteiger partial charge in [-0.25, -0.2) is 9.97 Å². The van der Waals surface area contributed by atoms with Gasteiger partial charge in [0.25, 0.3) is 0 Å². The standard InChI is InChI=1S/C26H26N6OS/c1-17-5-3-6-20(13-17)22(33)15-19-7-9-21(10-8-19)34-26-28-23(27-24-14-18(2)30-31-24)16-25(29-26)32-11-4-12-32/h3,5-10,13-14,16H,4,11-12,15H2,1-2H3,(H2,27,28,29,30,31). The molecule has 1 aliphatic heterocycles. The Balaban J connectivity index is 1.31. The number of aryl methyl sites for hydroxylation is 2. The van der Waals surface area contributed by atoms with Crippen LogP contribution in [0, 0.1) is 13.8 Å². The minimum absolute atomic E-state index is 0.124. The third kappa shape index (κ3) is 5.28. The number of hydrogen-bond donors (Lipinski definition) is 2. The predicted molar refractivity (Wildman–Crippen MR) is 135 cm³/mol. The number of carbonyl (C=O) groups is 1.